The molecule has 0 radical (unpaired) electrons. The summed E-state index contributed by atoms with van der Waals surface area (Å²) in [6.45, 7) is -0.252. The van der Waals surface area contributed by atoms with Crippen molar-refractivity contribution >= 4 is 44.2 Å². The normalized spacial score (nSPS) is 11.1. The van der Waals surface area contributed by atoms with Gasteiger partial charge in [0.05, 0.1) is 30.1 Å². The van der Waals surface area contributed by atoms with E-state index in [1.807, 2.05) is 0 Å². The van der Waals surface area contributed by atoms with E-state index in [1.165, 1.54) is 50.6 Å². The van der Waals surface area contributed by atoms with Crippen LogP contribution in [0.5, 0.6) is 17.2 Å². The number of nitrogens with zero attached hydrogens (tertiary/aromatic N) is 2. The average molecular weight is 603 g/mol. The van der Waals surface area contributed by atoms with Gasteiger partial charge in [0.2, 0.25) is 0 Å². The fourth-order valence-corrected chi connectivity index (χ4v) is 5.24. The summed E-state index contributed by atoms with van der Waals surface area (Å²) in [4.78, 5) is 21.6. The Hall–Kier alpha value is -5.23. The molecule has 0 fully saturated rings. The Morgan fingerprint density at radius 2 is 1.44 bits per heavy atom. The zero-order valence-corrected chi connectivity index (χ0v) is 24.0. The fraction of sp³-hybridized carbons (Fsp3) is 0.129. The van der Waals surface area contributed by atoms with Crippen molar-refractivity contribution in [2.45, 2.75) is 11.3 Å². The van der Waals surface area contributed by atoms with Gasteiger partial charge in [-0.2, -0.15) is 0 Å². The molecule has 5 rings (SSSR count). The highest BCUT2D eigenvalue weighted by Gasteiger charge is 2.20. The van der Waals surface area contributed by atoms with E-state index in [2.05, 4.69) is 20.0 Å². The van der Waals surface area contributed by atoms with Crippen LogP contribution in [0.3, 0.4) is 0 Å². The molecule has 5 aromatic rings. The first-order chi connectivity index (χ1) is 20.7. The smallest absolute Gasteiger partial charge is 0.263 e. The second kappa shape index (κ2) is 12.7. The van der Waals surface area contributed by atoms with Crippen LogP contribution in [-0.2, 0) is 21.2 Å². The quantitative estimate of drug-likeness (QED) is 0.190. The average Bonchev–Trinajstić information content (AvgIpc) is 3.01. The van der Waals surface area contributed by atoms with Crippen LogP contribution in [0.2, 0.25) is 0 Å². The third-order valence-corrected chi connectivity index (χ3v) is 7.58. The number of benzene rings is 4. The number of ketones is 1. The zero-order chi connectivity index (χ0) is 30.4. The first-order valence-corrected chi connectivity index (χ1v) is 14.5. The number of aromatic nitrogens is 2. The second-order valence-electron chi connectivity index (χ2n) is 9.35. The molecule has 0 amide bonds. The van der Waals surface area contributed by atoms with Crippen LogP contribution < -0.4 is 24.2 Å². The van der Waals surface area contributed by atoms with Crippen molar-refractivity contribution in [3.63, 3.8) is 0 Å². The van der Waals surface area contributed by atoms with Crippen LogP contribution in [0.15, 0.2) is 95.9 Å². The van der Waals surface area contributed by atoms with Gasteiger partial charge in [0, 0.05) is 30.3 Å². The Labute approximate surface area is 247 Å². The summed E-state index contributed by atoms with van der Waals surface area (Å²) >= 11 is 0. The highest BCUT2D eigenvalue weighted by Crippen LogP contribution is 2.31. The minimum atomic E-state index is -4.16. The molecule has 0 atom stereocenters. The van der Waals surface area contributed by atoms with Crippen molar-refractivity contribution in [1.82, 2.24) is 9.97 Å². The molecule has 2 N–H and O–H groups in total. The van der Waals surface area contributed by atoms with Crippen molar-refractivity contribution in [2.24, 2.45) is 0 Å². The number of rotatable bonds is 12. The Morgan fingerprint density at radius 1 is 0.791 bits per heavy atom. The second-order valence-corrected chi connectivity index (χ2v) is 11.0. The van der Waals surface area contributed by atoms with Gasteiger partial charge in [-0.25, -0.2) is 22.8 Å². The van der Waals surface area contributed by atoms with E-state index in [0.717, 1.165) is 0 Å². The molecule has 0 saturated carbocycles. The number of methoxy groups -OCH3 is 2. The molecular formula is C31H27FN4O6S. The number of ether oxygens (including phenoxy) is 3. The van der Waals surface area contributed by atoms with Gasteiger partial charge in [-0.3, -0.25) is 9.52 Å². The standard InChI is InChI=1S/C31H27FN4O6S/c1-40-25-16-22(17-26(18-25)41-2)33-30-31(35-29-9-4-3-8-28(29)34-30)36-43(38,39)27-7-5-6-20(15-27)14-23(37)19-42-24-12-10-21(32)11-13-24/h3-13,15-18H,14,19H2,1-2H3,(H,33,34)(H,35,36). The van der Waals surface area contributed by atoms with Crippen molar-refractivity contribution in [3.8, 4) is 17.2 Å². The molecule has 0 aliphatic heterocycles. The molecule has 0 saturated heterocycles. The topological polar surface area (TPSA) is 129 Å². The van der Waals surface area contributed by atoms with Crippen LogP contribution in [0.1, 0.15) is 5.56 Å². The lowest BCUT2D eigenvalue weighted by Crippen LogP contribution is -2.17. The van der Waals surface area contributed by atoms with E-state index < -0.39 is 15.8 Å². The number of Topliss-reactive ketones (excluding diaryl/α,β-unsaturated/α-hetero) is 1. The molecule has 10 nitrogen and oxygen atoms in total. The predicted molar refractivity (Wildman–Crippen MR) is 160 cm³/mol. The minimum absolute atomic E-state index is 0.0327. The first kappa shape index (κ1) is 29.3. The minimum Gasteiger partial charge on any atom is -0.497 e. The molecule has 220 valence electrons. The maximum absolute atomic E-state index is 13.5. The molecule has 1 heterocycles. The number of nitrogens with one attached hydrogen (secondary N) is 2. The van der Waals surface area contributed by atoms with E-state index in [4.69, 9.17) is 14.2 Å². The summed E-state index contributed by atoms with van der Waals surface area (Å²) < 4.78 is 58.8. The zero-order valence-electron chi connectivity index (χ0n) is 23.2. The third-order valence-electron chi connectivity index (χ3n) is 6.24. The van der Waals surface area contributed by atoms with Gasteiger partial charge in [0.15, 0.2) is 17.4 Å². The van der Waals surface area contributed by atoms with Gasteiger partial charge in [-0.1, -0.05) is 24.3 Å². The van der Waals surface area contributed by atoms with Gasteiger partial charge < -0.3 is 19.5 Å². The number of para-hydroxylation sites is 2. The van der Waals surface area contributed by atoms with Crippen molar-refractivity contribution < 1.29 is 31.8 Å². The number of carbonyl (C=O) groups excluding carboxylic acids is 1. The van der Waals surface area contributed by atoms with Gasteiger partial charge in [0.25, 0.3) is 10.0 Å². The summed E-state index contributed by atoms with van der Waals surface area (Å²) in [5.74, 6) is 0.815. The molecule has 0 unspecified atom stereocenters. The number of carbonyl (C=O) groups is 1. The Balaban J connectivity index is 1.38. The molecule has 0 spiro atoms. The summed E-state index contributed by atoms with van der Waals surface area (Å²) in [5.41, 5.74) is 2.03. The molecule has 0 bridgehead atoms. The van der Waals surface area contributed by atoms with Gasteiger partial charge in [0.1, 0.15) is 29.7 Å². The van der Waals surface area contributed by atoms with Crippen molar-refractivity contribution in [2.75, 3.05) is 30.9 Å². The lowest BCUT2D eigenvalue weighted by Gasteiger charge is -2.15. The van der Waals surface area contributed by atoms with Gasteiger partial charge >= 0.3 is 0 Å². The molecule has 0 aliphatic carbocycles. The van der Waals surface area contributed by atoms with Crippen LogP contribution in [0, 0.1) is 5.82 Å². The summed E-state index contributed by atoms with van der Waals surface area (Å²) in [6, 6.07) is 23.5. The number of halogens is 1. The SMILES string of the molecule is COc1cc(Nc2nc3ccccc3nc2NS(=O)(=O)c2cccc(CC(=O)COc3ccc(F)cc3)c2)cc(OC)c1. The summed E-state index contributed by atoms with van der Waals surface area (Å²) in [5, 5.41) is 3.12. The maximum atomic E-state index is 13.5. The van der Waals surface area contributed by atoms with Crippen molar-refractivity contribution in [3.05, 3.63) is 102 Å². The summed E-state index contributed by atoms with van der Waals surface area (Å²) in [7, 11) is -1.12. The Morgan fingerprint density at radius 3 is 2.09 bits per heavy atom. The molecule has 43 heavy (non-hydrogen) atoms. The number of sulfonamides is 1. The molecular weight excluding hydrogens is 575 g/mol. The van der Waals surface area contributed by atoms with Gasteiger partial charge in [-0.15, -0.1) is 0 Å². The largest absolute Gasteiger partial charge is 0.497 e. The lowest BCUT2D eigenvalue weighted by molar-refractivity contribution is -0.120. The Bertz CT molecular complexity index is 1860. The number of fused-ring (bicyclic) bond motifs is 1. The lowest BCUT2D eigenvalue weighted by atomic mass is 10.1. The van der Waals surface area contributed by atoms with E-state index >= 15 is 0 Å². The van der Waals surface area contributed by atoms with Crippen LogP contribution in [0.4, 0.5) is 21.7 Å². The monoisotopic (exact) mass is 602 g/mol. The highest BCUT2D eigenvalue weighted by atomic mass is 32.2. The Kier molecular flexibility index (Phi) is 8.67. The molecule has 0 aliphatic rings. The number of hydrogen-bond donors (Lipinski definition) is 2. The van der Waals surface area contributed by atoms with E-state index in [0.29, 0.717) is 39.5 Å². The molecule has 12 heteroatoms. The van der Waals surface area contributed by atoms with Crippen LogP contribution in [0.25, 0.3) is 11.0 Å². The van der Waals surface area contributed by atoms with E-state index in [9.17, 15) is 17.6 Å². The highest BCUT2D eigenvalue weighted by molar-refractivity contribution is 7.92. The van der Waals surface area contributed by atoms with Crippen LogP contribution in [-0.4, -0.2) is 45.0 Å². The van der Waals surface area contributed by atoms with E-state index in [-0.39, 0.29) is 35.3 Å². The van der Waals surface area contributed by atoms with Crippen LogP contribution >= 0.6 is 0 Å². The molecule has 4 aromatic carbocycles. The fourth-order valence-electron chi connectivity index (χ4n) is 4.16. The third kappa shape index (κ3) is 7.35. The van der Waals surface area contributed by atoms with E-state index in [1.54, 1.807) is 54.6 Å². The molecule has 1 aromatic heterocycles. The number of hydrogen-bond acceptors (Lipinski definition) is 9. The first-order valence-electron chi connectivity index (χ1n) is 13.0. The van der Waals surface area contributed by atoms with Gasteiger partial charge in [-0.05, 0) is 54.1 Å². The number of anilines is 3. The summed E-state index contributed by atoms with van der Waals surface area (Å²) in [6.07, 6.45) is -0.0647. The van der Waals surface area contributed by atoms with Crippen molar-refractivity contribution in [1.29, 1.82) is 0 Å². The maximum Gasteiger partial charge on any atom is 0.263 e. The predicted octanol–water partition coefficient (Wildman–Crippen LogP) is 5.52.